The lowest BCUT2D eigenvalue weighted by atomic mass is 10.6. The molecule has 0 aromatic heterocycles. The average Bonchev–Trinajstić information content (AvgIpc) is 1.99. The number of rotatable bonds is 3. The van der Waals surface area contributed by atoms with Crippen molar-refractivity contribution in [3.8, 4) is 0 Å². The van der Waals surface area contributed by atoms with E-state index in [1.165, 1.54) is 13.2 Å². The zero-order valence-corrected chi connectivity index (χ0v) is 7.37. The van der Waals surface area contributed by atoms with Gasteiger partial charge in [0, 0.05) is 33.4 Å². The summed E-state index contributed by atoms with van der Waals surface area (Å²) in [4.78, 5) is 10.6. The molecule has 0 amide bonds. The first-order chi connectivity index (χ1) is 5.07. The fraction of sp³-hybridized carbons (Fsp3) is 0.571. The van der Waals surface area contributed by atoms with Crippen molar-refractivity contribution in [1.29, 1.82) is 0 Å². The molecule has 0 unspecified atom stereocenters. The monoisotopic (exact) mass is 158 g/mol. The van der Waals surface area contributed by atoms with Crippen LogP contribution in [0.1, 0.15) is 0 Å². The van der Waals surface area contributed by atoms with Crippen LogP contribution in [0.15, 0.2) is 12.3 Å². The Labute approximate surface area is 67.0 Å². The first kappa shape index (κ1) is 9.97. The number of hydrogen-bond donors (Lipinski definition) is 0. The summed E-state index contributed by atoms with van der Waals surface area (Å²) in [6.07, 6.45) is 2.99. The first-order valence-electron chi connectivity index (χ1n) is 3.24. The van der Waals surface area contributed by atoms with Crippen molar-refractivity contribution >= 4 is 5.97 Å². The molecule has 0 saturated heterocycles. The fourth-order valence-electron chi connectivity index (χ4n) is 0.370. The highest BCUT2D eigenvalue weighted by atomic mass is 16.5. The molecular weight excluding hydrogens is 144 g/mol. The van der Waals surface area contributed by atoms with Crippen LogP contribution in [0.2, 0.25) is 0 Å². The minimum absolute atomic E-state index is 0.348. The van der Waals surface area contributed by atoms with Gasteiger partial charge < -0.3 is 9.75 Å². The third-order valence-electron chi connectivity index (χ3n) is 1.26. The second-order valence-corrected chi connectivity index (χ2v) is 2.26. The summed E-state index contributed by atoms with van der Waals surface area (Å²) in [7, 11) is 6.94. The molecule has 0 rings (SSSR count). The Balaban J connectivity index is 3.82. The van der Waals surface area contributed by atoms with E-state index in [0.29, 0.717) is 0 Å². The Kier molecular flexibility index (Phi) is 4.29. The van der Waals surface area contributed by atoms with Crippen LogP contribution >= 0.6 is 0 Å². The summed E-state index contributed by atoms with van der Waals surface area (Å²) in [6, 6.07) is 0. The van der Waals surface area contributed by atoms with Gasteiger partial charge in [-0.25, -0.2) is 9.80 Å². The van der Waals surface area contributed by atoms with Crippen LogP contribution in [0.4, 0.5) is 0 Å². The zero-order valence-electron chi connectivity index (χ0n) is 7.37. The van der Waals surface area contributed by atoms with Crippen LogP contribution < -0.4 is 0 Å². The number of ether oxygens (including phenoxy) is 1. The van der Waals surface area contributed by atoms with Crippen LogP contribution in [0.25, 0.3) is 0 Å². The first-order valence-corrected chi connectivity index (χ1v) is 3.24. The van der Waals surface area contributed by atoms with Gasteiger partial charge in [-0.3, -0.25) is 0 Å². The summed E-state index contributed by atoms with van der Waals surface area (Å²) in [5.74, 6) is -0.348. The van der Waals surface area contributed by atoms with Crippen LogP contribution in [0.5, 0.6) is 0 Å². The predicted molar refractivity (Wildman–Crippen MR) is 42.6 cm³/mol. The summed E-state index contributed by atoms with van der Waals surface area (Å²) >= 11 is 0. The second-order valence-electron chi connectivity index (χ2n) is 2.26. The Morgan fingerprint density at radius 3 is 2.27 bits per heavy atom. The topological polar surface area (TPSA) is 32.8 Å². The third-order valence-corrected chi connectivity index (χ3v) is 1.26. The lowest BCUT2D eigenvalue weighted by molar-refractivity contribution is -0.134. The average molecular weight is 158 g/mol. The van der Waals surface area contributed by atoms with E-state index in [1.54, 1.807) is 11.2 Å². The number of hydrazine groups is 1. The molecule has 4 heteroatoms. The van der Waals surface area contributed by atoms with Crippen LogP contribution in [0.3, 0.4) is 0 Å². The van der Waals surface area contributed by atoms with Crippen molar-refractivity contribution in [2.75, 3.05) is 28.3 Å². The van der Waals surface area contributed by atoms with E-state index in [9.17, 15) is 4.79 Å². The molecule has 0 aromatic rings. The fourth-order valence-corrected chi connectivity index (χ4v) is 0.370. The van der Waals surface area contributed by atoms with Crippen molar-refractivity contribution in [1.82, 2.24) is 10.0 Å². The maximum absolute atomic E-state index is 10.6. The largest absolute Gasteiger partial charge is 0.466 e. The second kappa shape index (κ2) is 4.73. The number of hydrogen-bond acceptors (Lipinski definition) is 4. The minimum atomic E-state index is -0.348. The van der Waals surface area contributed by atoms with Crippen LogP contribution in [-0.4, -0.2) is 44.2 Å². The lowest BCUT2D eigenvalue weighted by Crippen LogP contribution is -2.28. The number of esters is 1. The van der Waals surface area contributed by atoms with E-state index in [1.807, 2.05) is 26.2 Å². The molecule has 0 aromatic carbocycles. The van der Waals surface area contributed by atoms with Gasteiger partial charge in [0.2, 0.25) is 0 Å². The molecule has 0 bridgehead atoms. The van der Waals surface area contributed by atoms with Gasteiger partial charge in [-0.2, -0.15) is 0 Å². The third kappa shape index (κ3) is 4.38. The van der Waals surface area contributed by atoms with E-state index in [2.05, 4.69) is 4.74 Å². The summed E-state index contributed by atoms with van der Waals surface area (Å²) in [6.45, 7) is 0. The van der Waals surface area contributed by atoms with Gasteiger partial charge in [-0.15, -0.1) is 0 Å². The molecule has 0 radical (unpaired) electrons. The zero-order chi connectivity index (χ0) is 8.85. The molecule has 11 heavy (non-hydrogen) atoms. The number of carbonyl (C=O) groups excluding carboxylic acids is 1. The molecular formula is C7H14N2O2. The molecule has 64 valence electrons. The van der Waals surface area contributed by atoms with Gasteiger partial charge >= 0.3 is 5.97 Å². The smallest absolute Gasteiger partial charge is 0.331 e. The highest BCUT2D eigenvalue weighted by molar-refractivity contribution is 5.81. The molecule has 4 nitrogen and oxygen atoms in total. The predicted octanol–water partition coefficient (Wildman–Crippen LogP) is 0.0815. The Morgan fingerprint density at radius 2 is 1.91 bits per heavy atom. The SMILES string of the molecule is COC(=O)/C=C/N(C)N(C)C. The molecule has 0 aliphatic heterocycles. The molecule has 0 saturated carbocycles. The molecule has 0 heterocycles. The Morgan fingerprint density at radius 1 is 1.36 bits per heavy atom. The van der Waals surface area contributed by atoms with Crippen molar-refractivity contribution in [3.05, 3.63) is 12.3 Å². The standard InChI is InChI=1S/C7H14N2O2/c1-8(2)9(3)6-5-7(10)11-4/h5-6H,1-4H3/b6-5+. The van der Waals surface area contributed by atoms with Crippen LogP contribution in [-0.2, 0) is 9.53 Å². The van der Waals surface area contributed by atoms with Crippen LogP contribution in [0, 0.1) is 0 Å². The molecule has 0 N–H and O–H groups in total. The number of nitrogens with zero attached hydrogens (tertiary/aromatic N) is 2. The lowest BCUT2D eigenvalue weighted by Gasteiger charge is -2.21. The van der Waals surface area contributed by atoms with Crippen molar-refractivity contribution < 1.29 is 9.53 Å². The molecule has 0 spiro atoms. The van der Waals surface area contributed by atoms with Gasteiger partial charge in [-0.1, -0.05) is 0 Å². The quantitative estimate of drug-likeness (QED) is 0.331. The van der Waals surface area contributed by atoms with E-state index in [0.717, 1.165) is 0 Å². The summed E-state index contributed by atoms with van der Waals surface area (Å²) < 4.78 is 4.41. The van der Waals surface area contributed by atoms with Gasteiger partial charge in [0.1, 0.15) is 0 Å². The molecule has 0 atom stereocenters. The maximum atomic E-state index is 10.6. The number of carbonyl (C=O) groups is 1. The van der Waals surface area contributed by atoms with Gasteiger partial charge in [0.25, 0.3) is 0 Å². The maximum Gasteiger partial charge on any atom is 0.331 e. The Hall–Kier alpha value is -1.03. The van der Waals surface area contributed by atoms with Gasteiger partial charge in [0.05, 0.1) is 7.11 Å². The van der Waals surface area contributed by atoms with Gasteiger partial charge in [0.15, 0.2) is 0 Å². The summed E-state index contributed by atoms with van der Waals surface area (Å²) in [5, 5.41) is 3.59. The van der Waals surface area contributed by atoms with E-state index < -0.39 is 0 Å². The highest BCUT2D eigenvalue weighted by Crippen LogP contribution is 1.87. The molecule has 0 fully saturated rings. The Bertz CT molecular complexity index is 155. The van der Waals surface area contributed by atoms with Gasteiger partial charge in [-0.05, 0) is 0 Å². The van der Waals surface area contributed by atoms with E-state index in [4.69, 9.17) is 0 Å². The van der Waals surface area contributed by atoms with Crippen molar-refractivity contribution in [2.45, 2.75) is 0 Å². The number of methoxy groups -OCH3 is 1. The van der Waals surface area contributed by atoms with E-state index in [-0.39, 0.29) is 5.97 Å². The minimum Gasteiger partial charge on any atom is -0.466 e. The van der Waals surface area contributed by atoms with Crippen molar-refractivity contribution in [3.63, 3.8) is 0 Å². The normalized spacial score (nSPS) is 10.6. The van der Waals surface area contributed by atoms with E-state index >= 15 is 0 Å². The summed E-state index contributed by atoms with van der Waals surface area (Å²) in [5.41, 5.74) is 0. The highest BCUT2D eigenvalue weighted by Gasteiger charge is 1.94. The molecule has 0 aliphatic rings. The molecule has 0 aliphatic carbocycles. The van der Waals surface area contributed by atoms with Crippen molar-refractivity contribution in [2.24, 2.45) is 0 Å².